The average molecular weight is 492 g/mol. The maximum atomic E-state index is 13.4. The minimum Gasteiger partial charge on any atom is -0.495 e. The lowest BCUT2D eigenvalue weighted by Gasteiger charge is -2.23. The van der Waals surface area contributed by atoms with E-state index in [1.807, 2.05) is 36.4 Å². The molecule has 1 heterocycles. The van der Waals surface area contributed by atoms with Crippen molar-refractivity contribution in [2.75, 3.05) is 23.3 Å². The molecule has 4 aromatic rings. The molecule has 35 heavy (non-hydrogen) atoms. The minimum absolute atomic E-state index is 0.0204. The maximum absolute atomic E-state index is 13.4. The third-order valence-electron chi connectivity index (χ3n) is 5.30. The standard InChI is InChI=1S/C25H25N5O4S/c1-3-30(20-12-8-5-9-13-20)35(32,33)21-14-15-24(34-2)22(16-21)26-25(31)23-18-29(28-27-23)17-19-10-6-4-7-11-19/h4-16,18H,3,17H2,1-2H3,(H,26,31). The van der Waals surface area contributed by atoms with E-state index in [4.69, 9.17) is 4.74 Å². The molecule has 0 saturated heterocycles. The van der Waals surface area contributed by atoms with Gasteiger partial charge in [0.05, 0.1) is 36.1 Å². The van der Waals surface area contributed by atoms with Crippen LogP contribution in [0.2, 0.25) is 0 Å². The first kappa shape index (κ1) is 24.0. The van der Waals surface area contributed by atoms with Crippen LogP contribution in [-0.4, -0.2) is 43.0 Å². The van der Waals surface area contributed by atoms with Gasteiger partial charge in [0.2, 0.25) is 0 Å². The van der Waals surface area contributed by atoms with E-state index in [9.17, 15) is 13.2 Å². The summed E-state index contributed by atoms with van der Waals surface area (Å²) in [7, 11) is -2.45. The van der Waals surface area contributed by atoms with Crippen LogP contribution in [0.25, 0.3) is 0 Å². The Balaban J connectivity index is 1.58. The van der Waals surface area contributed by atoms with E-state index >= 15 is 0 Å². The molecular formula is C25H25N5O4S. The summed E-state index contributed by atoms with van der Waals surface area (Å²) in [5.74, 6) is -0.218. The summed E-state index contributed by atoms with van der Waals surface area (Å²) in [5.41, 5.74) is 1.87. The number of carbonyl (C=O) groups excluding carboxylic acids is 1. The lowest BCUT2D eigenvalue weighted by molar-refractivity contribution is 0.102. The molecule has 0 aliphatic heterocycles. The van der Waals surface area contributed by atoms with Crippen molar-refractivity contribution < 1.29 is 17.9 Å². The number of sulfonamides is 1. The Morgan fingerprint density at radius 1 is 1.03 bits per heavy atom. The number of rotatable bonds is 9. The zero-order valence-electron chi connectivity index (χ0n) is 19.3. The van der Waals surface area contributed by atoms with Crippen molar-refractivity contribution >= 4 is 27.3 Å². The summed E-state index contributed by atoms with van der Waals surface area (Å²) in [6, 6.07) is 22.8. The number of aromatic nitrogens is 3. The van der Waals surface area contributed by atoms with Crippen molar-refractivity contribution in [3.05, 3.63) is 96.3 Å². The lowest BCUT2D eigenvalue weighted by Crippen LogP contribution is -2.30. The van der Waals surface area contributed by atoms with Crippen LogP contribution in [0.3, 0.4) is 0 Å². The van der Waals surface area contributed by atoms with Crippen molar-refractivity contribution in [3.63, 3.8) is 0 Å². The summed E-state index contributed by atoms with van der Waals surface area (Å²) in [6.45, 7) is 2.46. The molecule has 0 fully saturated rings. The van der Waals surface area contributed by atoms with Gasteiger partial charge in [-0.3, -0.25) is 9.10 Å². The number of nitrogens with zero attached hydrogens (tertiary/aromatic N) is 4. The van der Waals surface area contributed by atoms with Crippen molar-refractivity contribution in [2.45, 2.75) is 18.4 Å². The van der Waals surface area contributed by atoms with Crippen molar-refractivity contribution in [1.82, 2.24) is 15.0 Å². The average Bonchev–Trinajstić information content (AvgIpc) is 3.34. The first-order valence-electron chi connectivity index (χ1n) is 10.9. The molecule has 180 valence electrons. The topological polar surface area (TPSA) is 106 Å². The molecule has 0 spiro atoms. The van der Waals surface area contributed by atoms with Gasteiger partial charge in [0.15, 0.2) is 5.69 Å². The molecule has 9 nitrogen and oxygen atoms in total. The van der Waals surface area contributed by atoms with E-state index in [2.05, 4.69) is 15.6 Å². The fourth-order valence-corrected chi connectivity index (χ4v) is 5.10. The molecule has 0 aliphatic carbocycles. The van der Waals surface area contributed by atoms with Crippen molar-refractivity contribution in [3.8, 4) is 5.75 Å². The second kappa shape index (κ2) is 10.4. The van der Waals surface area contributed by atoms with Crippen LogP contribution in [-0.2, 0) is 16.6 Å². The molecule has 0 atom stereocenters. The number of benzene rings is 3. The van der Waals surface area contributed by atoms with E-state index in [0.717, 1.165) is 5.56 Å². The van der Waals surface area contributed by atoms with Gasteiger partial charge in [0.25, 0.3) is 15.9 Å². The summed E-state index contributed by atoms with van der Waals surface area (Å²) in [5, 5.41) is 10.7. The molecule has 1 amide bonds. The van der Waals surface area contributed by atoms with E-state index in [-0.39, 0.29) is 22.8 Å². The Morgan fingerprint density at radius 3 is 2.37 bits per heavy atom. The second-order valence-corrected chi connectivity index (χ2v) is 9.47. The van der Waals surface area contributed by atoms with Gasteiger partial charge in [-0.05, 0) is 42.8 Å². The first-order valence-corrected chi connectivity index (χ1v) is 12.4. The highest BCUT2D eigenvalue weighted by atomic mass is 32.2. The number of amides is 1. The van der Waals surface area contributed by atoms with Gasteiger partial charge >= 0.3 is 0 Å². The highest BCUT2D eigenvalue weighted by Gasteiger charge is 2.25. The fraction of sp³-hybridized carbons (Fsp3) is 0.160. The van der Waals surface area contributed by atoms with Gasteiger partial charge in [0, 0.05) is 6.54 Å². The van der Waals surface area contributed by atoms with Crippen LogP contribution in [0.1, 0.15) is 23.0 Å². The summed E-state index contributed by atoms with van der Waals surface area (Å²) < 4.78 is 35.0. The van der Waals surface area contributed by atoms with Gasteiger partial charge in [0.1, 0.15) is 5.75 Å². The van der Waals surface area contributed by atoms with Crippen molar-refractivity contribution in [1.29, 1.82) is 0 Å². The predicted octanol–water partition coefficient (Wildman–Crippen LogP) is 3.80. The predicted molar refractivity (Wildman–Crippen MR) is 133 cm³/mol. The third-order valence-corrected chi connectivity index (χ3v) is 7.20. The van der Waals surface area contributed by atoms with Gasteiger partial charge in [-0.2, -0.15) is 0 Å². The molecule has 1 aromatic heterocycles. The van der Waals surface area contributed by atoms with Crippen LogP contribution in [0.15, 0.2) is 90.0 Å². The van der Waals surface area contributed by atoms with Gasteiger partial charge in [-0.1, -0.05) is 53.7 Å². The van der Waals surface area contributed by atoms with E-state index in [0.29, 0.717) is 18.0 Å². The van der Waals surface area contributed by atoms with Crippen LogP contribution in [0.5, 0.6) is 5.75 Å². The second-order valence-electron chi connectivity index (χ2n) is 7.61. The molecule has 0 saturated carbocycles. The van der Waals surface area contributed by atoms with Crippen LogP contribution in [0.4, 0.5) is 11.4 Å². The number of carbonyl (C=O) groups is 1. The summed E-state index contributed by atoms with van der Waals surface area (Å²) in [4.78, 5) is 12.9. The fourth-order valence-electron chi connectivity index (χ4n) is 3.59. The van der Waals surface area contributed by atoms with E-state index in [1.54, 1.807) is 35.9 Å². The van der Waals surface area contributed by atoms with Gasteiger partial charge in [-0.25, -0.2) is 13.1 Å². The number of hydrogen-bond donors (Lipinski definition) is 1. The number of anilines is 2. The van der Waals surface area contributed by atoms with Gasteiger partial charge in [-0.15, -0.1) is 5.10 Å². The monoisotopic (exact) mass is 491 g/mol. The third kappa shape index (κ3) is 5.33. The molecule has 4 rings (SSSR count). The Kier molecular flexibility index (Phi) is 7.11. The SMILES string of the molecule is CCN(c1ccccc1)S(=O)(=O)c1ccc(OC)c(NC(=O)c2cn(Cc3ccccc3)nn2)c1. The normalized spacial score (nSPS) is 11.1. The maximum Gasteiger partial charge on any atom is 0.277 e. The number of methoxy groups -OCH3 is 1. The molecule has 0 aliphatic rings. The largest absolute Gasteiger partial charge is 0.495 e. The zero-order valence-corrected chi connectivity index (χ0v) is 20.1. The van der Waals surface area contributed by atoms with E-state index in [1.165, 1.54) is 35.8 Å². The summed E-state index contributed by atoms with van der Waals surface area (Å²) >= 11 is 0. The highest BCUT2D eigenvalue weighted by molar-refractivity contribution is 7.92. The lowest BCUT2D eigenvalue weighted by atomic mass is 10.2. The van der Waals surface area contributed by atoms with Gasteiger partial charge < -0.3 is 10.1 Å². The molecular weight excluding hydrogens is 466 g/mol. The number of para-hydroxylation sites is 1. The van der Waals surface area contributed by atoms with Crippen molar-refractivity contribution in [2.24, 2.45) is 0 Å². The quantitative estimate of drug-likeness (QED) is 0.382. The minimum atomic E-state index is -3.89. The molecule has 0 radical (unpaired) electrons. The molecule has 1 N–H and O–H groups in total. The van der Waals surface area contributed by atoms with Crippen LogP contribution < -0.4 is 14.4 Å². The number of ether oxygens (including phenoxy) is 1. The number of hydrogen-bond acceptors (Lipinski definition) is 6. The summed E-state index contributed by atoms with van der Waals surface area (Å²) in [6.07, 6.45) is 1.53. The zero-order chi connectivity index (χ0) is 24.8. The molecule has 0 unspecified atom stereocenters. The molecule has 10 heteroatoms. The van der Waals surface area contributed by atoms with Crippen LogP contribution in [0, 0.1) is 0 Å². The highest BCUT2D eigenvalue weighted by Crippen LogP contribution is 2.31. The number of nitrogens with one attached hydrogen (secondary N) is 1. The Hall–Kier alpha value is -4.18. The smallest absolute Gasteiger partial charge is 0.277 e. The van der Waals surface area contributed by atoms with E-state index < -0.39 is 15.9 Å². The molecule has 0 bridgehead atoms. The van der Waals surface area contributed by atoms with Crippen LogP contribution >= 0.6 is 0 Å². The Bertz CT molecular complexity index is 1410. The molecule has 3 aromatic carbocycles. The Morgan fingerprint density at radius 2 is 1.71 bits per heavy atom. The first-order chi connectivity index (χ1) is 16.9. The Labute approximate surface area is 204 Å².